The van der Waals surface area contributed by atoms with Gasteiger partial charge in [-0.2, -0.15) is 0 Å². The summed E-state index contributed by atoms with van der Waals surface area (Å²) in [5.41, 5.74) is 0.720. The Bertz CT molecular complexity index is 801. The molecule has 0 bridgehead atoms. The molecule has 4 rings (SSSR count). The molecule has 1 atom stereocenters. The fourth-order valence-electron chi connectivity index (χ4n) is 5.27. The third-order valence-corrected chi connectivity index (χ3v) is 7.08. The second-order valence-electron chi connectivity index (χ2n) is 9.10. The number of piperidine rings is 1. The molecule has 2 fully saturated rings. The van der Waals surface area contributed by atoms with Gasteiger partial charge in [-0.1, -0.05) is 12.5 Å². The Hall–Kier alpha value is -2.15. The summed E-state index contributed by atoms with van der Waals surface area (Å²) >= 11 is 0. The minimum Gasteiger partial charge on any atom is -0.491 e. The van der Waals surface area contributed by atoms with E-state index in [-0.39, 0.29) is 24.4 Å². The van der Waals surface area contributed by atoms with Crippen LogP contribution in [0.25, 0.3) is 0 Å². The van der Waals surface area contributed by atoms with E-state index >= 15 is 0 Å². The predicted molar refractivity (Wildman–Crippen MR) is 115 cm³/mol. The summed E-state index contributed by atoms with van der Waals surface area (Å²) in [6, 6.07) is 5.79. The van der Waals surface area contributed by atoms with Gasteiger partial charge in [0, 0.05) is 31.1 Å². The van der Waals surface area contributed by atoms with Gasteiger partial charge in [0.2, 0.25) is 5.91 Å². The first-order valence-electron chi connectivity index (χ1n) is 11.6. The summed E-state index contributed by atoms with van der Waals surface area (Å²) in [4.78, 5) is 27.3. The molecule has 31 heavy (non-hydrogen) atoms. The number of benzene rings is 1. The van der Waals surface area contributed by atoms with Gasteiger partial charge in [0.05, 0.1) is 5.56 Å². The van der Waals surface area contributed by atoms with Crippen molar-refractivity contribution in [2.45, 2.75) is 63.0 Å². The summed E-state index contributed by atoms with van der Waals surface area (Å²) in [6.07, 6.45) is 7.40. The normalized spacial score (nSPS) is 27.6. The van der Waals surface area contributed by atoms with E-state index in [0.29, 0.717) is 43.0 Å². The molecule has 1 N–H and O–H groups in total. The fourth-order valence-corrected chi connectivity index (χ4v) is 5.27. The smallest absolute Gasteiger partial charge is 0.339 e. The third kappa shape index (κ3) is 4.71. The number of halogens is 1. The lowest BCUT2D eigenvalue weighted by molar-refractivity contribution is -0.137. The fraction of sp³-hybridized carbons (Fsp3) is 0.667. The molecule has 1 spiro atoms. The largest absolute Gasteiger partial charge is 0.491 e. The quantitative estimate of drug-likeness (QED) is 0.667. The van der Waals surface area contributed by atoms with Crippen molar-refractivity contribution in [3.05, 3.63) is 29.3 Å². The van der Waals surface area contributed by atoms with Crippen LogP contribution in [0.2, 0.25) is 0 Å². The van der Waals surface area contributed by atoms with Crippen molar-refractivity contribution >= 4 is 11.9 Å². The van der Waals surface area contributed by atoms with Crippen LogP contribution >= 0.6 is 0 Å². The Kier molecular flexibility index (Phi) is 6.80. The molecule has 170 valence electrons. The van der Waals surface area contributed by atoms with Crippen LogP contribution in [-0.4, -0.2) is 56.2 Å². The van der Waals surface area contributed by atoms with Crippen molar-refractivity contribution in [3.63, 3.8) is 0 Å². The van der Waals surface area contributed by atoms with Gasteiger partial charge in [-0.25, -0.2) is 9.18 Å². The lowest BCUT2D eigenvalue weighted by atomic mass is 9.74. The lowest BCUT2D eigenvalue weighted by Crippen LogP contribution is -2.42. The molecule has 1 saturated heterocycles. The third-order valence-electron chi connectivity index (χ3n) is 7.08. The van der Waals surface area contributed by atoms with E-state index < -0.39 is 12.3 Å². The van der Waals surface area contributed by atoms with Gasteiger partial charge in [0.15, 0.2) is 0 Å². The number of ether oxygens (including phenoxy) is 2. The zero-order valence-electron chi connectivity index (χ0n) is 18.3. The summed E-state index contributed by atoms with van der Waals surface area (Å²) in [5, 5.41) is 3.54. The van der Waals surface area contributed by atoms with E-state index in [0.717, 1.165) is 25.1 Å². The molecule has 2 aliphatic heterocycles. The topological polar surface area (TPSA) is 67.9 Å². The van der Waals surface area contributed by atoms with Crippen LogP contribution in [0.5, 0.6) is 5.75 Å². The average molecular weight is 433 g/mol. The van der Waals surface area contributed by atoms with Crippen molar-refractivity contribution in [1.29, 1.82) is 0 Å². The average Bonchev–Trinajstić information content (AvgIpc) is 3.07. The van der Waals surface area contributed by atoms with Gasteiger partial charge in [-0.05, 0) is 63.6 Å². The Morgan fingerprint density at radius 3 is 2.81 bits per heavy atom. The van der Waals surface area contributed by atoms with E-state index in [9.17, 15) is 14.0 Å². The number of amides is 1. The minimum atomic E-state index is -0.646. The van der Waals surface area contributed by atoms with Crippen LogP contribution in [0.3, 0.4) is 0 Å². The number of fused-ring (bicyclic) bond motifs is 2. The predicted octanol–water partition coefficient (Wildman–Crippen LogP) is 3.58. The van der Waals surface area contributed by atoms with E-state index in [1.807, 2.05) is 18.0 Å². The Morgan fingerprint density at radius 2 is 2.10 bits per heavy atom. The first-order valence-corrected chi connectivity index (χ1v) is 11.6. The van der Waals surface area contributed by atoms with Crippen molar-refractivity contribution < 1.29 is 23.5 Å². The first kappa shape index (κ1) is 22.1. The first-order chi connectivity index (χ1) is 15.0. The maximum atomic E-state index is 13.0. The highest BCUT2D eigenvalue weighted by Crippen LogP contribution is 2.49. The van der Waals surface area contributed by atoms with Gasteiger partial charge >= 0.3 is 5.97 Å². The SMILES string of the molecule is CN(CCC1CCCCN1)C(=O)C1CCC2(CC1)OC(=O)c1cc(OCCF)ccc12. The Labute approximate surface area is 183 Å². The summed E-state index contributed by atoms with van der Waals surface area (Å²) in [7, 11) is 1.90. The number of esters is 1. The van der Waals surface area contributed by atoms with Gasteiger partial charge < -0.3 is 19.7 Å². The molecule has 1 amide bonds. The number of carbonyl (C=O) groups excluding carboxylic acids is 2. The summed E-state index contributed by atoms with van der Waals surface area (Å²) < 4.78 is 23.5. The highest BCUT2D eigenvalue weighted by Gasteiger charge is 2.48. The summed E-state index contributed by atoms with van der Waals surface area (Å²) in [6.45, 7) is 1.24. The van der Waals surface area contributed by atoms with Crippen LogP contribution in [0.4, 0.5) is 4.39 Å². The molecule has 1 unspecified atom stereocenters. The van der Waals surface area contributed by atoms with Crippen molar-refractivity contribution in [1.82, 2.24) is 10.2 Å². The number of alkyl halides is 1. The Balaban J connectivity index is 1.34. The second-order valence-corrected chi connectivity index (χ2v) is 9.10. The molecule has 7 heteroatoms. The molecule has 3 aliphatic rings. The van der Waals surface area contributed by atoms with Crippen molar-refractivity contribution in [3.8, 4) is 5.75 Å². The number of nitrogens with one attached hydrogen (secondary N) is 1. The van der Waals surface area contributed by atoms with Crippen molar-refractivity contribution in [2.75, 3.05) is 33.4 Å². The number of carbonyl (C=O) groups is 2. The molecule has 2 heterocycles. The standard InChI is InChI=1S/C24H33FN2O4/c1-27(14-9-18-4-2-3-13-26-18)22(28)17-7-10-24(11-8-17)21-6-5-19(30-15-12-25)16-20(21)23(29)31-24/h5-6,16-18,26H,2-4,7-15H2,1H3. The zero-order chi connectivity index (χ0) is 21.8. The Morgan fingerprint density at radius 1 is 1.29 bits per heavy atom. The van der Waals surface area contributed by atoms with Crippen LogP contribution in [0.15, 0.2) is 18.2 Å². The molecular weight excluding hydrogens is 399 g/mol. The molecule has 1 saturated carbocycles. The monoisotopic (exact) mass is 432 g/mol. The van der Waals surface area contributed by atoms with Crippen LogP contribution in [0.1, 0.15) is 67.3 Å². The van der Waals surface area contributed by atoms with Gasteiger partial charge in [-0.15, -0.1) is 0 Å². The number of hydrogen-bond acceptors (Lipinski definition) is 5. The van der Waals surface area contributed by atoms with E-state index in [1.54, 1.807) is 12.1 Å². The highest BCUT2D eigenvalue weighted by molar-refractivity contribution is 5.95. The molecule has 0 radical (unpaired) electrons. The van der Waals surface area contributed by atoms with Crippen LogP contribution < -0.4 is 10.1 Å². The molecular formula is C24H33FN2O4. The van der Waals surface area contributed by atoms with Crippen LogP contribution in [-0.2, 0) is 15.1 Å². The molecule has 1 aromatic rings. The maximum Gasteiger partial charge on any atom is 0.339 e. The molecule has 6 nitrogen and oxygen atoms in total. The summed E-state index contributed by atoms with van der Waals surface area (Å²) in [5.74, 6) is 0.293. The van der Waals surface area contributed by atoms with Gasteiger partial charge in [-0.3, -0.25) is 4.79 Å². The lowest BCUT2D eigenvalue weighted by Gasteiger charge is -2.37. The molecule has 0 aromatic heterocycles. The van der Waals surface area contributed by atoms with Gasteiger partial charge in [0.25, 0.3) is 0 Å². The van der Waals surface area contributed by atoms with E-state index in [1.165, 1.54) is 19.3 Å². The van der Waals surface area contributed by atoms with E-state index in [4.69, 9.17) is 9.47 Å². The number of rotatable bonds is 7. The minimum absolute atomic E-state index is 0.0233. The van der Waals surface area contributed by atoms with Gasteiger partial charge in [0.1, 0.15) is 24.6 Å². The maximum absolute atomic E-state index is 13.0. The van der Waals surface area contributed by atoms with Crippen molar-refractivity contribution in [2.24, 2.45) is 5.92 Å². The second kappa shape index (κ2) is 9.55. The number of hydrogen-bond donors (Lipinski definition) is 1. The van der Waals surface area contributed by atoms with E-state index in [2.05, 4.69) is 5.32 Å². The molecule has 1 aliphatic carbocycles. The molecule has 1 aromatic carbocycles. The number of nitrogens with zero attached hydrogens (tertiary/aromatic N) is 1. The van der Waals surface area contributed by atoms with Crippen LogP contribution in [0, 0.1) is 5.92 Å². The highest BCUT2D eigenvalue weighted by atomic mass is 19.1. The zero-order valence-corrected chi connectivity index (χ0v) is 18.3.